The second kappa shape index (κ2) is 13.3. The van der Waals surface area contributed by atoms with Crippen LogP contribution in [-0.2, 0) is 11.4 Å². The molecule has 3 aromatic rings. The number of thioether (sulfide) groups is 1. The zero-order valence-electron chi connectivity index (χ0n) is 26.5. The molecule has 3 atom stereocenters. The van der Waals surface area contributed by atoms with Crippen LogP contribution in [-0.4, -0.2) is 61.0 Å². The van der Waals surface area contributed by atoms with E-state index in [0.29, 0.717) is 34.3 Å². The average Bonchev–Trinajstić information content (AvgIpc) is 3.45. The summed E-state index contributed by atoms with van der Waals surface area (Å²) in [5, 5.41) is 19.3. The van der Waals surface area contributed by atoms with E-state index in [1.807, 2.05) is 66.4 Å². The molecule has 11 heteroatoms. The molecule has 7 rings (SSSR count). The predicted octanol–water partition coefficient (Wildman–Crippen LogP) is 5.24. The number of nitriles is 1. The van der Waals surface area contributed by atoms with Crippen molar-refractivity contribution in [1.82, 2.24) is 20.9 Å². The maximum Gasteiger partial charge on any atom is 0.326 e. The Morgan fingerprint density at radius 1 is 1.06 bits per heavy atom. The largest absolute Gasteiger partial charge is 0.488 e. The van der Waals surface area contributed by atoms with Crippen molar-refractivity contribution in [1.29, 1.82) is 5.26 Å². The molecule has 242 valence electrons. The Labute approximate surface area is 279 Å². The molecule has 10 nitrogen and oxygen atoms in total. The Kier molecular flexibility index (Phi) is 8.82. The molecule has 3 amide bonds. The molecule has 3 N–H and O–H groups in total. The van der Waals surface area contributed by atoms with E-state index >= 15 is 0 Å². The highest BCUT2D eigenvalue weighted by Crippen LogP contribution is 2.48. The Balaban J connectivity index is 1.05. The number of likely N-dealkylation sites (tertiary alicyclic amines) is 1. The summed E-state index contributed by atoms with van der Waals surface area (Å²) in [5.74, 6) is 1.77. The van der Waals surface area contributed by atoms with Crippen LogP contribution >= 0.6 is 11.8 Å². The number of aryl methyl sites for hydroxylation is 1. The number of carbonyl (C=O) groups excluding carboxylic acids is 2. The predicted molar refractivity (Wildman–Crippen MR) is 181 cm³/mol. The third-order valence-corrected chi connectivity index (χ3v) is 10.7. The molecule has 0 aliphatic carbocycles. The number of urea groups is 1. The fraction of sp³-hybridized carbons (Fsp3) is 0.361. The Bertz CT molecular complexity index is 1760. The van der Waals surface area contributed by atoms with Crippen molar-refractivity contribution >= 4 is 29.4 Å². The maximum atomic E-state index is 13.8. The topological polar surface area (TPSA) is 119 Å². The van der Waals surface area contributed by atoms with E-state index in [1.165, 1.54) is 0 Å². The number of benzene rings is 3. The van der Waals surface area contributed by atoms with Gasteiger partial charge in [-0.05, 0) is 106 Å². The number of nitrogens with zero attached hydrogens (tertiary/aromatic N) is 3. The molecule has 0 bridgehead atoms. The van der Waals surface area contributed by atoms with Gasteiger partial charge in [-0.25, -0.2) is 4.79 Å². The fourth-order valence-corrected chi connectivity index (χ4v) is 8.35. The fourth-order valence-electron chi connectivity index (χ4n) is 6.95. The molecular formula is C36H38N6O4S. The first kappa shape index (κ1) is 31.1. The minimum Gasteiger partial charge on any atom is -0.488 e. The van der Waals surface area contributed by atoms with Crippen LogP contribution in [0.2, 0.25) is 0 Å². The van der Waals surface area contributed by atoms with Crippen LogP contribution in [0.4, 0.5) is 10.5 Å². The SMILES string of the molecule is Cc1cc(Oc2cccc(COc3ccccc3C#N)c2)ccc1N1C(=O)NC2=C(C(=O)NC3CCN(C)CC3)SC3NCCC1C23. The highest BCUT2D eigenvalue weighted by molar-refractivity contribution is 8.04. The number of anilines is 1. The summed E-state index contributed by atoms with van der Waals surface area (Å²) in [6.07, 6.45) is 2.65. The lowest BCUT2D eigenvalue weighted by Crippen LogP contribution is -2.62. The molecule has 3 fully saturated rings. The lowest BCUT2D eigenvalue weighted by molar-refractivity contribution is -0.117. The number of piperidine rings is 2. The third kappa shape index (κ3) is 6.41. The van der Waals surface area contributed by atoms with Crippen molar-refractivity contribution in [2.45, 2.75) is 50.3 Å². The van der Waals surface area contributed by atoms with Gasteiger partial charge in [0.1, 0.15) is 29.9 Å². The van der Waals surface area contributed by atoms with Crippen LogP contribution < -0.4 is 30.3 Å². The molecule has 3 unspecified atom stereocenters. The second-order valence-electron chi connectivity index (χ2n) is 12.6. The van der Waals surface area contributed by atoms with E-state index < -0.39 is 0 Å². The van der Waals surface area contributed by atoms with Gasteiger partial charge >= 0.3 is 6.03 Å². The molecule has 4 aliphatic rings. The van der Waals surface area contributed by atoms with E-state index in [1.54, 1.807) is 23.9 Å². The standard InChI is InChI=1S/C36H38N6O4S/c1-22-18-27(46-26-8-5-6-23(19-26)21-45-30-9-4-3-7-24(30)20-37)10-11-28(22)42-29-12-15-38-35-31(29)32(40-36(42)44)33(47-35)34(43)39-25-13-16-41(2)17-14-25/h3-11,18-19,25,29,31,35,38H,12-17,21H2,1-2H3,(H,39,43)(H,40,44). The first-order chi connectivity index (χ1) is 22.9. The first-order valence-electron chi connectivity index (χ1n) is 16.1. The molecule has 4 heterocycles. The number of rotatable bonds is 8. The summed E-state index contributed by atoms with van der Waals surface area (Å²) in [6.45, 7) is 4.98. The van der Waals surface area contributed by atoms with Crippen molar-refractivity contribution in [3.05, 3.63) is 94.0 Å². The molecule has 0 aromatic heterocycles. The normalized spacial score (nSPS) is 22.7. The van der Waals surface area contributed by atoms with Crippen molar-refractivity contribution in [3.63, 3.8) is 0 Å². The van der Waals surface area contributed by atoms with Gasteiger partial charge in [0.25, 0.3) is 5.91 Å². The van der Waals surface area contributed by atoms with Crippen LogP contribution in [0.25, 0.3) is 0 Å². The van der Waals surface area contributed by atoms with E-state index in [9.17, 15) is 14.9 Å². The average molecular weight is 651 g/mol. The van der Waals surface area contributed by atoms with E-state index in [2.05, 4.69) is 34.0 Å². The number of hydrogen-bond donors (Lipinski definition) is 3. The van der Waals surface area contributed by atoms with Gasteiger partial charge in [0.15, 0.2) is 0 Å². The van der Waals surface area contributed by atoms with Crippen LogP contribution in [0.3, 0.4) is 0 Å². The zero-order chi connectivity index (χ0) is 32.5. The van der Waals surface area contributed by atoms with E-state index in [4.69, 9.17) is 9.47 Å². The summed E-state index contributed by atoms with van der Waals surface area (Å²) < 4.78 is 12.1. The zero-order valence-corrected chi connectivity index (χ0v) is 27.3. The van der Waals surface area contributed by atoms with Crippen LogP contribution in [0.15, 0.2) is 77.3 Å². The van der Waals surface area contributed by atoms with E-state index in [-0.39, 0.29) is 35.3 Å². The molecule has 0 saturated carbocycles. The molecule has 0 spiro atoms. The number of nitrogens with one attached hydrogen (secondary N) is 3. The monoisotopic (exact) mass is 650 g/mol. The minimum absolute atomic E-state index is 0.00917. The summed E-state index contributed by atoms with van der Waals surface area (Å²) >= 11 is 1.54. The van der Waals surface area contributed by atoms with Gasteiger partial charge in [0, 0.05) is 23.3 Å². The lowest BCUT2D eigenvalue weighted by atomic mass is 9.86. The highest BCUT2D eigenvalue weighted by Gasteiger charge is 2.52. The van der Waals surface area contributed by atoms with Crippen molar-refractivity contribution in [3.8, 4) is 23.3 Å². The van der Waals surface area contributed by atoms with Crippen LogP contribution in [0.1, 0.15) is 36.0 Å². The van der Waals surface area contributed by atoms with Crippen LogP contribution in [0, 0.1) is 24.2 Å². The maximum absolute atomic E-state index is 13.8. The second-order valence-corrected chi connectivity index (χ2v) is 13.7. The summed E-state index contributed by atoms with van der Waals surface area (Å²) in [6, 6.07) is 22.6. The Hall–Kier alpha value is -4.50. The van der Waals surface area contributed by atoms with Gasteiger partial charge in [-0.15, -0.1) is 0 Å². The van der Waals surface area contributed by atoms with Gasteiger partial charge < -0.3 is 30.3 Å². The van der Waals surface area contributed by atoms with E-state index in [0.717, 1.165) is 61.4 Å². The third-order valence-electron chi connectivity index (χ3n) is 9.36. The van der Waals surface area contributed by atoms with Crippen molar-refractivity contribution in [2.24, 2.45) is 5.92 Å². The van der Waals surface area contributed by atoms with Crippen molar-refractivity contribution < 1.29 is 19.1 Å². The quantitative estimate of drug-likeness (QED) is 0.303. The van der Waals surface area contributed by atoms with Gasteiger partial charge in [-0.2, -0.15) is 5.26 Å². The Morgan fingerprint density at radius 2 is 1.87 bits per heavy atom. The number of ether oxygens (including phenoxy) is 2. The van der Waals surface area contributed by atoms with Crippen molar-refractivity contribution in [2.75, 3.05) is 31.6 Å². The number of hydrogen-bond acceptors (Lipinski definition) is 8. The summed E-state index contributed by atoms with van der Waals surface area (Å²) in [4.78, 5) is 32.0. The number of para-hydroxylation sites is 1. The Morgan fingerprint density at radius 3 is 2.68 bits per heavy atom. The van der Waals surface area contributed by atoms with Gasteiger partial charge in [-0.1, -0.05) is 36.0 Å². The first-order valence-corrected chi connectivity index (χ1v) is 17.0. The molecule has 47 heavy (non-hydrogen) atoms. The number of amides is 3. The molecule has 4 aliphatic heterocycles. The smallest absolute Gasteiger partial charge is 0.326 e. The summed E-state index contributed by atoms with van der Waals surface area (Å²) in [7, 11) is 2.11. The summed E-state index contributed by atoms with van der Waals surface area (Å²) in [5.41, 5.74) is 3.89. The molecule has 3 aromatic carbocycles. The van der Waals surface area contributed by atoms with Crippen LogP contribution in [0.5, 0.6) is 17.2 Å². The molecule has 0 radical (unpaired) electrons. The number of carbonyl (C=O) groups is 2. The molecule has 3 saturated heterocycles. The van der Waals surface area contributed by atoms with Gasteiger partial charge in [0.05, 0.1) is 21.9 Å². The highest BCUT2D eigenvalue weighted by atomic mass is 32.2. The van der Waals surface area contributed by atoms with Gasteiger partial charge in [0.2, 0.25) is 0 Å². The lowest BCUT2D eigenvalue weighted by Gasteiger charge is -2.46. The van der Waals surface area contributed by atoms with Gasteiger partial charge in [-0.3, -0.25) is 9.69 Å². The molecular weight excluding hydrogens is 613 g/mol. The minimum atomic E-state index is -0.212.